The fourth-order valence-corrected chi connectivity index (χ4v) is 4.22. The highest BCUT2D eigenvalue weighted by Gasteiger charge is 2.25. The first-order valence-electron chi connectivity index (χ1n) is 6.79. The third-order valence-electron chi connectivity index (χ3n) is 3.17. The van der Waals surface area contributed by atoms with E-state index >= 15 is 0 Å². The number of nitrogen functional groups attached to an aromatic ring is 1. The van der Waals surface area contributed by atoms with E-state index in [2.05, 4.69) is 19.9 Å². The topological polar surface area (TPSA) is 52.3 Å². The number of anilines is 1. The van der Waals surface area contributed by atoms with Gasteiger partial charge >= 0.3 is 5.97 Å². The van der Waals surface area contributed by atoms with Gasteiger partial charge in [-0.3, -0.25) is 0 Å². The number of ether oxygens (including phenoxy) is 1. The van der Waals surface area contributed by atoms with Gasteiger partial charge in [0.1, 0.15) is 10.5 Å². The molecule has 2 rings (SSSR count). The van der Waals surface area contributed by atoms with Crippen LogP contribution in [0.3, 0.4) is 0 Å². The fraction of sp³-hybridized carbons (Fsp3) is 0.438. The summed E-state index contributed by atoms with van der Waals surface area (Å²) in [5.41, 5.74) is 8.36. The van der Waals surface area contributed by atoms with Crippen molar-refractivity contribution in [1.29, 1.82) is 0 Å². The molecule has 114 valence electrons. The van der Waals surface area contributed by atoms with Gasteiger partial charge in [0.25, 0.3) is 0 Å². The second-order valence-corrected chi connectivity index (χ2v) is 8.43. The van der Waals surface area contributed by atoms with Gasteiger partial charge in [0.2, 0.25) is 0 Å². The van der Waals surface area contributed by atoms with Crippen LogP contribution < -0.4 is 5.73 Å². The maximum Gasteiger partial charge on any atom is 0.351 e. The lowest BCUT2D eigenvalue weighted by atomic mass is 10.1. The maximum absolute atomic E-state index is 12.3. The molecule has 0 saturated heterocycles. The lowest BCUT2D eigenvalue weighted by Gasteiger charge is -2.19. The second-order valence-electron chi connectivity index (χ2n) is 6.15. The standard InChI is InChI=1S/C16H21NO2S2/c1-8-7-11(20-10(8)3)13-9(2)12(17)14(21-13)15(18)19-16(4,5)6/h7H,17H2,1-6H3. The smallest absolute Gasteiger partial charge is 0.351 e. The van der Waals surface area contributed by atoms with Gasteiger partial charge in [-0.15, -0.1) is 22.7 Å². The lowest BCUT2D eigenvalue weighted by molar-refractivity contribution is 0.00763. The molecule has 0 aliphatic rings. The van der Waals surface area contributed by atoms with Crippen LogP contribution in [-0.2, 0) is 4.74 Å². The highest BCUT2D eigenvalue weighted by atomic mass is 32.1. The van der Waals surface area contributed by atoms with Gasteiger partial charge in [0.15, 0.2) is 0 Å². The van der Waals surface area contributed by atoms with Crippen LogP contribution in [0.4, 0.5) is 5.69 Å². The Bertz CT molecular complexity index is 670. The van der Waals surface area contributed by atoms with Gasteiger partial charge in [0.05, 0.1) is 10.6 Å². The van der Waals surface area contributed by atoms with Crippen LogP contribution in [0.25, 0.3) is 9.75 Å². The Labute approximate surface area is 133 Å². The summed E-state index contributed by atoms with van der Waals surface area (Å²) in [6.07, 6.45) is 0. The number of aryl methyl sites for hydroxylation is 2. The van der Waals surface area contributed by atoms with Crippen molar-refractivity contribution in [3.8, 4) is 9.75 Å². The van der Waals surface area contributed by atoms with Crippen LogP contribution in [0, 0.1) is 20.8 Å². The van der Waals surface area contributed by atoms with E-state index < -0.39 is 5.60 Å². The van der Waals surface area contributed by atoms with Crippen LogP contribution in [-0.4, -0.2) is 11.6 Å². The highest BCUT2D eigenvalue weighted by Crippen LogP contribution is 2.42. The number of carbonyl (C=O) groups is 1. The summed E-state index contributed by atoms with van der Waals surface area (Å²) < 4.78 is 5.43. The van der Waals surface area contributed by atoms with Crippen LogP contribution in [0.2, 0.25) is 0 Å². The first-order chi connectivity index (χ1) is 9.60. The van der Waals surface area contributed by atoms with E-state index in [1.165, 1.54) is 21.8 Å². The number of esters is 1. The van der Waals surface area contributed by atoms with Crippen molar-refractivity contribution < 1.29 is 9.53 Å². The number of carbonyl (C=O) groups excluding carboxylic acids is 1. The molecular weight excluding hydrogens is 302 g/mol. The predicted octanol–water partition coefficient (Wildman–Crippen LogP) is 4.94. The largest absolute Gasteiger partial charge is 0.456 e. The van der Waals surface area contributed by atoms with E-state index in [0.717, 1.165) is 15.3 Å². The molecule has 0 spiro atoms. The number of hydrogen-bond donors (Lipinski definition) is 1. The molecule has 2 aromatic heterocycles. The van der Waals surface area contributed by atoms with Crippen molar-refractivity contribution >= 4 is 34.3 Å². The summed E-state index contributed by atoms with van der Waals surface area (Å²) in [5, 5.41) is 0. The molecule has 2 heterocycles. The fourth-order valence-electron chi connectivity index (χ4n) is 1.92. The molecule has 2 N–H and O–H groups in total. The minimum absolute atomic E-state index is 0.343. The first kappa shape index (κ1) is 16.0. The molecule has 3 nitrogen and oxygen atoms in total. The molecular formula is C16H21NO2S2. The van der Waals surface area contributed by atoms with Gasteiger partial charge in [-0.05, 0) is 58.7 Å². The molecule has 0 fully saturated rings. The summed E-state index contributed by atoms with van der Waals surface area (Å²) in [6, 6.07) is 2.15. The molecule has 0 unspecified atom stereocenters. The first-order valence-corrected chi connectivity index (χ1v) is 8.43. The molecule has 0 saturated carbocycles. The zero-order valence-corrected chi connectivity index (χ0v) is 14.9. The third-order valence-corrected chi connectivity index (χ3v) is 5.79. The van der Waals surface area contributed by atoms with Gasteiger partial charge in [-0.1, -0.05) is 0 Å². The number of thiophene rings is 2. The second kappa shape index (κ2) is 5.46. The predicted molar refractivity (Wildman–Crippen MR) is 91.4 cm³/mol. The van der Waals surface area contributed by atoms with Crippen molar-refractivity contribution in [2.24, 2.45) is 0 Å². The summed E-state index contributed by atoms with van der Waals surface area (Å²) in [6.45, 7) is 11.7. The molecule has 0 atom stereocenters. The molecule has 0 aliphatic heterocycles. The van der Waals surface area contributed by atoms with Gasteiger partial charge in [-0.2, -0.15) is 0 Å². The Morgan fingerprint density at radius 2 is 1.81 bits per heavy atom. The monoisotopic (exact) mass is 323 g/mol. The summed E-state index contributed by atoms with van der Waals surface area (Å²) in [5.74, 6) is -0.343. The number of hydrogen-bond acceptors (Lipinski definition) is 5. The van der Waals surface area contributed by atoms with E-state index in [0.29, 0.717) is 10.6 Å². The quantitative estimate of drug-likeness (QED) is 0.796. The molecule has 2 aromatic rings. The maximum atomic E-state index is 12.3. The average Bonchev–Trinajstić information content (AvgIpc) is 2.80. The SMILES string of the molecule is Cc1cc(-c2sc(C(=O)OC(C)(C)C)c(N)c2C)sc1C. The van der Waals surface area contributed by atoms with E-state index in [1.54, 1.807) is 11.3 Å². The van der Waals surface area contributed by atoms with Crippen LogP contribution in [0.15, 0.2) is 6.07 Å². The molecule has 21 heavy (non-hydrogen) atoms. The molecule has 0 bridgehead atoms. The van der Waals surface area contributed by atoms with Gasteiger partial charge < -0.3 is 10.5 Å². The van der Waals surface area contributed by atoms with Crippen molar-refractivity contribution in [1.82, 2.24) is 0 Å². The molecule has 0 radical (unpaired) electrons. The van der Waals surface area contributed by atoms with Crippen molar-refractivity contribution in [2.45, 2.75) is 47.1 Å². The molecule has 0 amide bonds. The van der Waals surface area contributed by atoms with Gasteiger partial charge in [0, 0.05) is 9.75 Å². The van der Waals surface area contributed by atoms with Gasteiger partial charge in [-0.25, -0.2) is 4.79 Å². The van der Waals surface area contributed by atoms with E-state index in [-0.39, 0.29) is 5.97 Å². The Balaban J connectivity index is 2.43. The van der Waals surface area contributed by atoms with Crippen LogP contribution in [0.1, 0.15) is 46.4 Å². The van der Waals surface area contributed by atoms with Crippen molar-refractivity contribution in [3.05, 3.63) is 26.9 Å². The van der Waals surface area contributed by atoms with Crippen LogP contribution >= 0.6 is 22.7 Å². The van der Waals surface area contributed by atoms with E-state index in [4.69, 9.17) is 10.5 Å². The van der Waals surface area contributed by atoms with Crippen molar-refractivity contribution in [3.63, 3.8) is 0 Å². The minimum atomic E-state index is -0.516. The minimum Gasteiger partial charge on any atom is -0.456 e. The third kappa shape index (κ3) is 3.30. The van der Waals surface area contributed by atoms with E-state index in [9.17, 15) is 4.79 Å². The summed E-state index contributed by atoms with van der Waals surface area (Å²) in [4.78, 5) is 16.3. The average molecular weight is 323 g/mol. The summed E-state index contributed by atoms with van der Waals surface area (Å²) in [7, 11) is 0. The normalized spacial score (nSPS) is 11.7. The Kier molecular flexibility index (Phi) is 4.17. The Hall–Kier alpha value is -1.33. The lowest BCUT2D eigenvalue weighted by Crippen LogP contribution is -2.23. The Morgan fingerprint density at radius 3 is 2.29 bits per heavy atom. The molecule has 5 heteroatoms. The molecule has 0 aromatic carbocycles. The zero-order valence-electron chi connectivity index (χ0n) is 13.3. The van der Waals surface area contributed by atoms with E-state index in [1.807, 2.05) is 27.7 Å². The Morgan fingerprint density at radius 1 is 1.19 bits per heavy atom. The number of rotatable bonds is 2. The summed E-state index contributed by atoms with van der Waals surface area (Å²) >= 11 is 3.15. The van der Waals surface area contributed by atoms with Crippen molar-refractivity contribution in [2.75, 3.05) is 5.73 Å². The number of nitrogens with two attached hydrogens (primary N) is 1. The highest BCUT2D eigenvalue weighted by molar-refractivity contribution is 7.23. The molecule has 0 aliphatic carbocycles. The zero-order chi connectivity index (χ0) is 15.9. The van der Waals surface area contributed by atoms with Crippen LogP contribution in [0.5, 0.6) is 0 Å².